The predicted octanol–water partition coefficient (Wildman–Crippen LogP) is 4.23. The molecule has 0 bridgehead atoms. The van der Waals surface area contributed by atoms with E-state index in [1.54, 1.807) is 0 Å². The molecule has 0 saturated heterocycles. The number of benzene rings is 2. The maximum atomic E-state index is 2.24. The van der Waals surface area contributed by atoms with E-state index in [9.17, 15) is 0 Å². The summed E-state index contributed by atoms with van der Waals surface area (Å²) in [6, 6.07) is 23.4. The van der Waals surface area contributed by atoms with E-state index in [2.05, 4.69) is 60.7 Å². The molecule has 0 amide bonds. The Hall–Kier alpha value is -0.625. The second kappa shape index (κ2) is 5.14. The van der Waals surface area contributed by atoms with E-state index in [4.69, 9.17) is 0 Å². The first-order chi connectivity index (χ1) is 7.43. The van der Waals surface area contributed by atoms with Gasteiger partial charge in [0.1, 0.15) is 0 Å². The van der Waals surface area contributed by atoms with Gasteiger partial charge in [0, 0.05) is 39.9 Å². The van der Waals surface area contributed by atoms with Crippen LogP contribution in [0.2, 0.25) is 0 Å². The van der Waals surface area contributed by atoms with Crippen molar-refractivity contribution in [2.45, 2.75) is 0 Å². The fourth-order valence-corrected chi connectivity index (χ4v) is 1.95. The molecule has 0 spiro atoms. The van der Waals surface area contributed by atoms with Crippen LogP contribution in [0.4, 0.5) is 0 Å². The van der Waals surface area contributed by atoms with E-state index in [0.717, 1.165) is 0 Å². The Bertz CT molecular complexity index is 545. The SMILES string of the molecule is [Gd].c1ccc(-c2cc3ccccc3[cH-]2)cc1. The summed E-state index contributed by atoms with van der Waals surface area (Å²) in [6.45, 7) is 0. The second-order valence-electron chi connectivity index (χ2n) is 3.74. The average Bonchev–Trinajstić information content (AvgIpc) is 2.74. The van der Waals surface area contributed by atoms with Crippen LogP contribution in [0.1, 0.15) is 0 Å². The Labute approximate surface area is 127 Å². The van der Waals surface area contributed by atoms with Gasteiger partial charge in [-0.15, -0.1) is 34.5 Å². The van der Waals surface area contributed by atoms with E-state index in [1.165, 1.54) is 21.9 Å². The molecule has 16 heavy (non-hydrogen) atoms. The van der Waals surface area contributed by atoms with Crippen LogP contribution in [0.3, 0.4) is 0 Å². The first-order valence-electron chi connectivity index (χ1n) is 5.14. The molecule has 0 aliphatic heterocycles. The van der Waals surface area contributed by atoms with Gasteiger partial charge in [0.25, 0.3) is 0 Å². The largest absolute Gasteiger partial charge is 0.145 e. The van der Waals surface area contributed by atoms with Gasteiger partial charge < -0.3 is 0 Å². The van der Waals surface area contributed by atoms with Crippen LogP contribution in [0.15, 0.2) is 66.7 Å². The van der Waals surface area contributed by atoms with Crippen LogP contribution in [0.5, 0.6) is 0 Å². The third-order valence-electron chi connectivity index (χ3n) is 2.73. The molecule has 0 atom stereocenters. The van der Waals surface area contributed by atoms with Gasteiger partial charge in [0.2, 0.25) is 0 Å². The summed E-state index contributed by atoms with van der Waals surface area (Å²) in [7, 11) is 0. The van der Waals surface area contributed by atoms with E-state index in [1.807, 2.05) is 6.07 Å². The van der Waals surface area contributed by atoms with E-state index in [-0.39, 0.29) is 39.9 Å². The molecule has 0 saturated carbocycles. The first kappa shape index (κ1) is 11.8. The molecule has 0 heterocycles. The average molecular weight is 349 g/mol. The molecule has 0 aliphatic rings. The van der Waals surface area contributed by atoms with Crippen molar-refractivity contribution in [2.75, 3.05) is 0 Å². The molecule has 0 aliphatic carbocycles. The van der Waals surface area contributed by atoms with Crippen LogP contribution in [-0.2, 0) is 0 Å². The molecule has 0 aromatic heterocycles. The third kappa shape index (κ3) is 2.22. The fourth-order valence-electron chi connectivity index (χ4n) is 1.95. The van der Waals surface area contributed by atoms with Gasteiger partial charge in [0.15, 0.2) is 0 Å². The van der Waals surface area contributed by atoms with Crippen LogP contribution < -0.4 is 0 Å². The standard InChI is InChI=1S/C15H11.Gd/c1-2-6-12(7-3-1)15-10-13-8-4-5-9-14(13)11-15;/h1-11H;/q-1;. The zero-order valence-electron chi connectivity index (χ0n) is 8.70. The molecular formula is C15H11Gd-. The summed E-state index contributed by atoms with van der Waals surface area (Å²) in [5.41, 5.74) is 2.59. The van der Waals surface area contributed by atoms with Crippen molar-refractivity contribution in [3.05, 3.63) is 66.7 Å². The smallest absolute Gasteiger partial charge is 0 e. The normalized spacial score (nSPS) is 10.0. The maximum absolute atomic E-state index is 2.24. The van der Waals surface area contributed by atoms with Crippen LogP contribution in [0.25, 0.3) is 21.9 Å². The van der Waals surface area contributed by atoms with Gasteiger partial charge in [-0.3, -0.25) is 0 Å². The number of hydrogen-bond donors (Lipinski definition) is 0. The molecule has 0 radical (unpaired) electrons. The van der Waals surface area contributed by atoms with Crippen molar-refractivity contribution in [3.63, 3.8) is 0 Å². The number of hydrogen-bond acceptors (Lipinski definition) is 0. The monoisotopic (exact) mass is 349 g/mol. The Morgan fingerprint density at radius 1 is 0.750 bits per heavy atom. The molecule has 0 nitrogen and oxygen atoms in total. The van der Waals surface area contributed by atoms with E-state index in [0.29, 0.717) is 0 Å². The van der Waals surface area contributed by atoms with Crippen LogP contribution in [0, 0.1) is 39.9 Å². The summed E-state index contributed by atoms with van der Waals surface area (Å²) in [5.74, 6) is 0. The van der Waals surface area contributed by atoms with Gasteiger partial charge in [-0.2, -0.15) is 0 Å². The summed E-state index contributed by atoms with van der Waals surface area (Å²) in [4.78, 5) is 0. The van der Waals surface area contributed by atoms with Crippen LogP contribution >= 0.6 is 0 Å². The van der Waals surface area contributed by atoms with Crippen molar-refractivity contribution in [1.82, 2.24) is 0 Å². The number of fused-ring (bicyclic) bond motifs is 1. The summed E-state index contributed by atoms with van der Waals surface area (Å²) >= 11 is 0. The third-order valence-corrected chi connectivity index (χ3v) is 2.73. The molecular weight excluding hydrogens is 337 g/mol. The van der Waals surface area contributed by atoms with Crippen LogP contribution in [-0.4, -0.2) is 0 Å². The maximum Gasteiger partial charge on any atom is 0 e. The van der Waals surface area contributed by atoms with Crippen molar-refractivity contribution < 1.29 is 39.9 Å². The molecule has 0 fully saturated rings. The van der Waals surface area contributed by atoms with Gasteiger partial charge in [0.05, 0.1) is 0 Å². The molecule has 3 aromatic rings. The van der Waals surface area contributed by atoms with Crippen molar-refractivity contribution in [3.8, 4) is 11.1 Å². The molecule has 0 N–H and O–H groups in total. The second-order valence-corrected chi connectivity index (χ2v) is 3.74. The fraction of sp³-hybridized carbons (Fsp3) is 0. The van der Waals surface area contributed by atoms with E-state index >= 15 is 0 Å². The van der Waals surface area contributed by atoms with Gasteiger partial charge in [-0.05, 0) is 0 Å². The summed E-state index contributed by atoms with van der Waals surface area (Å²) in [5, 5.41) is 2.63. The minimum Gasteiger partial charge on any atom is -0.145 e. The number of rotatable bonds is 1. The predicted molar refractivity (Wildman–Crippen MR) is 65.0 cm³/mol. The molecule has 1 heteroatoms. The zero-order chi connectivity index (χ0) is 10.1. The topological polar surface area (TPSA) is 0 Å². The zero-order valence-corrected chi connectivity index (χ0v) is 11.0. The van der Waals surface area contributed by atoms with Gasteiger partial charge in [-0.25, -0.2) is 0 Å². The van der Waals surface area contributed by atoms with E-state index < -0.39 is 0 Å². The summed E-state index contributed by atoms with van der Waals surface area (Å²) in [6.07, 6.45) is 0. The Kier molecular flexibility index (Phi) is 3.80. The van der Waals surface area contributed by atoms with Crippen molar-refractivity contribution in [2.24, 2.45) is 0 Å². The minimum absolute atomic E-state index is 0. The molecule has 3 rings (SSSR count). The van der Waals surface area contributed by atoms with Gasteiger partial charge >= 0.3 is 0 Å². The summed E-state index contributed by atoms with van der Waals surface area (Å²) < 4.78 is 0. The first-order valence-corrected chi connectivity index (χ1v) is 5.14. The molecule has 0 unspecified atom stereocenters. The minimum atomic E-state index is 0. The Morgan fingerprint density at radius 2 is 1.44 bits per heavy atom. The molecule has 3 aromatic carbocycles. The van der Waals surface area contributed by atoms with Crippen molar-refractivity contribution in [1.29, 1.82) is 0 Å². The molecule has 80 valence electrons. The van der Waals surface area contributed by atoms with Gasteiger partial charge in [-0.1, -0.05) is 54.1 Å². The Morgan fingerprint density at radius 3 is 2.19 bits per heavy atom. The quantitative estimate of drug-likeness (QED) is 0.578. The Balaban J connectivity index is 0.000000963. The van der Waals surface area contributed by atoms with Crippen molar-refractivity contribution >= 4 is 10.8 Å².